The van der Waals surface area contributed by atoms with Gasteiger partial charge >= 0.3 is 0 Å². The SMILES string of the molecule is CC1Cc2cccnc2C1N. The van der Waals surface area contributed by atoms with E-state index in [2.05, 4.69) is 18.0 Å². The third-order valence-corrected chi connectivity index (χ3v) is 2.40. The highest BCUT2D eigenvalue weighted by Gasteiger charge is 2.26. The number of rotatable bonds is 0. The van der Waals surface area contributed by atoms with E-state index < -0.39 is 0 Å². The summed E-state index contributed by atoms with van der Waals surface area (Å²) in [7, 11) is 0. The van der Waals surface area contributed by atoms with Gasteiger partial charge < -0.3 is 5.73 Å². The molecule has 0 saturated carbocycles. The van der Waals surface area contributed by atoms with Crippen molar-refractivity contribution in [1.29, 1.82) is 0 Å². The third-order valence-electron chi connectivity index (χ3n) is 2.40. The molecule has 2 unspecified atom stereocenters. The summed E-state index contributed by atoms with van der Waals surface area (Å²) >= 11 is 0. The van der Waals surface area contributed by atoms with E-state index in [1.807, 2.05) is 12.3 Å². The lowest BCUT2D eigenvalue weighted by Crippen LogP contribution is -2.14. The molecular formula is C9H12N2. The predicted octanol–water partition coefficient (Wildman–Crippen LogP) is 1.27. The minimum atomic E-state index is 0.159. The maximum Gasteiger partial charge on any atom is 0.0605 e. The summed E-state index contributed by atoms with van der Waals surface area (Å²) in [4.78, 5) is 4.27. The molecule has 1 heterocycles. The topological polar surface area (TPSA) is 38.9 Å². The minimum Gasteiger partial charge on any atom is -0.322 e. The average Bonchev–Trinajstić information content (AvgIpc) is 2.30. The van der Waals surface area contributed by atoms with Crippen molar-refractivity contribution < 1.29 is 0 Å². The highest BCUT2D eigenvalue weighted by atomic mass is 14.8. The van der Waals surface area contributed by atoms with E-state index in [1.54, 1.807) is 0 Å². The Labute approximate surface area is 66.4 Å². The van der Waals surface area contributed by atoms with Crippen LogP contribution in [0.3, 0.4) is 0 Å². The lowest BCUT2D eigenvalue weighted by molar-refractivity contribution is 0.507. The van der Waals surface area contributed by atoms with Crippen molar-refractivity contribution in [2.75, 3.05) is 0 Å². The zero-order valence-electron chi connectivity index (χ0n) is 6.62. The van der Waals surface area contributed by atoms with Crippen molar-refractivity contribution in [3.8, 4) is 0 Å². The van der Waals surface area contributed by atoms with Gasteiger partial charge in [-0.15, -0.1) is 0 Å². The molecule has 2 rings (SSSR count). The molecule has 2 heteroatoms. The Morgan fingerprint density at radius 1 is 1.64 bits per heavy atom. The van der Waals surface area contributed by atoms with Gasteiger partial charge in [0.25, 0.3) is 0 Å². The molecule has 0 bridgehead atoms. The number of nitrogens with zero attached hydrogens (tertiary/aromatic N) is 1. The maximum absolute atomic E-state index is 5.93. The number of pyridine rings is 1. The van der Waals surface area contributed by atoms with Crippen LogP contribution in [-0.2, 0) is 6.42 Å². The maximum atomic E-state index is 5.93. The van der Waals surface area contributed by atoms with Crippen LogP contribution < -0.4 is 5.73 Å². The molecule has 1 aromatic rings. The fourth-order valence-electron chi connectivity index (χ4n) is 1.67. The molecule has 0 fully saturated rings. The number of aromatic nitrogens is 1. The summed E-state index contributed by atoms with van der Waals surface area (Å²) in [6.07, 6.45) is 2.90. The quantitative estimate of drug-likeness (QED) is 0.601. The van der Waals surface area contributed by atoms with E-state index >= 15 is 0 Å². The second-order valence-electron chi connectivity index (χ2n) is 3.25. The van der Waals surface area contributed by atoms with Gasteiger partial charge in [-0.2, -0.15) is 0 Å². The van der Waals surface area contributed by atoms with Gasteiger partial charge in [0.2, 0.25) is 0 Å². The molecule has 0 spiro atoms. The van der Waals surface area contributed by atoms with Crippen LogP contribution in [0, 0.1) is 5.92 Å². The molecule has 0 aliphatic heterocycles. The molecule has 58 valence electrons. The zero-order chi connectivity index (χ0) is 7.84. The first-order valence-electron chi connectivity index (χ1n) is 3.98. The van der Waals surface area contributed by atoms with Crippen molar-refractivity contribution in [2.24, 2.45) is 11.7 Å². The Morgan fingerprint density at radius 3 is 3.18 bits per heavy atom. The summed E-state index contributed by atoms with van der Waals surface area (Å²) in [5, 5.41) is 0. The molecule has 11 heavy (non-hydrogen) atoms. The molecule has 1 aliphatic carbocycles. The van der Waals surface area contributed by atoms with Crippen LogP contribution in [0.5, 0.6) is 0 Å². The molecule has 0 saturated heterocycles. The van der Waals surface area contributed by atoms with Gasteiger partial charge in [-0.3, -0.25) is 4.98 Å². The van der Waals surface area contributed by atoms with Gasteiger partial charge in [-0.25, -0.2) is 0 Å². The largest absolute Gasteiger partial charge is 0.322 e. The smallest absolute Gasteiger partial charge is 0.0605 e. The van der Waals surface area contributed by atoms with Crippen molar-refractivity contribution in [3.05, 3.63) is 29.6 Å². The number of hydrogen-bond acceptors (Lipinski definition) is 2. The Morgan fingerprint density at radius 2 is 2.45 bits per heavy atom. The van der Waals surface area contributed by atoms with Crippen molar-refractivity contribution in [2.45, 2.75) is 19.4 Å². The van der Waals surface area contributed by atoms with Crippen LogP contribution in [0.15, 0.2) is 18.3 Å². The predicted molar refractivity (Wildman–Crippen MR) is 44.0 cm³/mol. The summed E-state index contributed by atoms with van der Waals surface area (Å²) in [5.74, 6) is 0.555. The Bertz CT molecular complexity index is 270. The molecule has 0 amide bonds. The fourth-order valence-corrected chi connectivity index (χ4v) is 1.67. The highest BCUT2D eigenvalue weighted by Crippen LogP contribution is 2.31. The van der Waals surface area contributed by atoms with Crippen LogP contribution in [-0.4, -0.2) is 4.98 Å². The minimum absolute atomic E-state index is 0.159. The van der Waals surface area contributed by atoms with Crippen molar-refractivity contribution in [3.63, 3.8) is 0 Å². The highest BCUT2D eigenvalue weighted by molar-refractivity contribution is 5.28. The van der Waals surface area contributed by atoms with Gasteiger partial charge in [0, 0.05) is 6.20 Å². The van der Waals surface area contributed by atoms with E-state index in [0.29, 0.717) is 5.92 Å². The van der Waals surface area contributed by atoms with Crippen LogP contribution in [0.2, 0.25) is 0 Å². The normalized spacial score (nSPS) is 28.5. The molecule has 2 nitrogen and oxygen atoms in total. The third kappa shape index (κ3) is 0.942. The van der Waals surface area contributed by atoms with Gasteiger partial charge in [-0.05, 0) is 24.0 Å². The summed E-state index contributed by atoms with van der Waals surface area (Å²) in [5.41, 5.74) is 8.35. The van der Waals surface area contributed by atoms with Crippen LogP contribution in [0.25, 0.3) is 0 Å². The first-order chi connectivity index (χ1) is 5.29. The number of nitrogens with two attached hydrogens (primary N) is 1. The van der Waals surface area contributed by atoms with Crippen LogP contribution in [0.4, 0.5) is 0 Å². The van der Waals surface area contributed by atoms with Gasteiger partial charge in [0.1, 0.15) is 0 Å². The summed E-state index contributed by atoms with van der Waals surface area (Å²) in [6, 6.07) is 4.25. The second-order valence-corrected chi connectivity index (χ2v) is 3.25. The number of hydrogen-bond donors (Lipinski definition) is 1. The average molecular weight is 148 g/mol. The molecule has 2 N–H and O–H groups in total. The summed E-state index contributed by atoms with van der Waals surface area (Å²) in [6.45, 7) is 2.17. The fraction of sp³-hybridized carbons (Fsp3) is 0.444. The molecule has 0 aromatic carbocycles. The lowest BCUT2D eigenvalue weighted by atomic mass is 10.1. The monoisotopic (exact) mass is 148 g/mol. The second kappa shape index (κ2) is 2.31. The van der Waals surface area contributed by atoms with Crippen molar-refractivity contribution >= 4 is 0 Å². The van der Waals surface area contributed by atoms with Crippen LogP contribution in [0.1, 0.15) is 24.2 Å². The Balaban J connectivity index is 2.47. The first kappa shape index (κ1) is 6.80. The Kier molecular flexibility index (Phi) is 1.43. The van der Waals surface area contributed by atoms with Crippen LogP contribution >= 0.6 is 0 Å². The standard InChI is InChI=1S/C9H12N2/c1-6-5-7-3-2-4-11-9(7)8(6)10/h2-4,6,8H,5,10H2,1H3. The molecular weight excluding hydrogens is 136 g/mol. The van der Waals surface area contributed by atoms with E-state index in [4.69, 9.17) is 5.73 Å². The zero-order valence-corrected chi connectivity index (χ0v) is 6.62. The molecule has 1 aliphatic rings. The molecule has 0 radical (unpaired) electrons. The molecule has 1 aromatic heterocycles. The summed E-state index contributed by atoms with van der Waals surface area (Å²) < 4.78 is 0. The van der Waals surface area contributed by atoms with Crippen molar-refractivity contribution in [1.82, 2.24) is 4.98 Å². The molecule has 2 atom stereocenters. The van der Waals surface area contributed by atoms with E-state index in [9.17, 15) is 0 Å². The van der Waals surface area contributed by atoms with E-state index in [1.165, 1.54) is 5.56 Å². The van der Waals surface area contributed by atoms with E-state index in [-0.39, 0.29) is 6.04 Å². The van der Waals surface area contributed by atoms with Gasteiger partial charge in [0.05, 0.1) is 11.7 Å². The lowest BCUT2D eigenvalue weighted by Gasteiger charge is -2.07. The number of fused-ring (bicyclic) bond motifs is 1. The first-order valence-corrected chi connectivity index (χ1v) is 3.98. The Hall–Kier alpha value is -0.890. The van der Waals surface area contributed by atoms with Gasteiger partial charge in [-0.1, -0.05) is 13.0 Å². The van der Waals surface area contributed by atoms with E-state index in [0.717, 1.165) is 12.1 Å². The van der Waals surface area contributed by atoms with Gasteiger partial charge in [0.15, 0.2) is 0 Å².